The van der Waals surface area contributed by atoms with Crippen molar-refractivity contribution in [2.45, 2.75) is 65.1 Å². The first kappa shape index (κ1) is 18.2. The minimum absolute atomic E-state index is 0.374. The van der Waals surface area contributed by atoms with Crippen LogP contribution in [0, 0.1) is 0 Å². The van der Waals surface area contributed by atoms with E-state index in [1.165, 1.54) is 18.1 Å². The van der Waals surface area contributed by atoms with Crippen molar-refractivity contribution in [2.24, 2.45) is 0 Å². The summed E-state index contributed by atoms with van der Waals surface area (Å²) in [6, 6.07) is 4.01. The highest BCUT2D eigenvalue weighted by atomic mass is 28.3. The van der Waals surface area contributed by atoms with E-state index in [2.05, 4.69) is 37.3 Å². The number of unbranched alkanes of at least 4 members (excludes halogenated alkanes) is 2. The number of allylic oxidation sites excluding steroid dienone is 1. The fraction of sp³-hybridized carbons (Fsp3) is 0.800. The van der Waals surface area contributed by atoms with Gasteiger partial charge in [-0.3, -0.25) is 0 Å². The van der Waals surface area contributed by atoms with Crippen molar-refractivity contribution >= 4 is 14.2 Å². The van der Waals surface area contributed by atoms with Crippen molar-refractivity contribution in [1.82, 2.24) is 0 Å². The van der Waals surface area contributed by atoms with E-state index in [4.69, 9.17) is 4.74 Å². The topological polar surface area (TPSA) is 35.5 Å². The Balaban J connectivity index is 3.71. The average Bonchev–Trinajstić information content (AvgIpc) is 2.43. The third kappa shape index (κ3) is 8.08. The highest BCUT2D eigenvalue weighted by molar-refractivity contribution is 6.84. The van der Waals surface area contributed by atoms with Gasteiger partial charge in [0.25, 0.3) is 0 Å². The van der Waals surface area contributed by atoms with Gasteiger partial charge in [-0.15, -0.1) is 0 Å². The molecule has 0 aromatic heterocycles. The smallest absolute Gasteiger partial charge is 0.435 e. The van der Waals surface area contributed by atoms with Crippen LogP contribution in [0.25, 0.3) is 0 Å². The molecule has 0 saturated heterocycles. The van der Waals surface area contributed by atoms with E-state index in [1.807, 2.05) is 0 Å². The molecule has 0 atom stereocenters. The summed E-state index contributed by atoms with van der Waals surface area (Å²) in [4.78, 5) is 10.9. The maximum Gasteiger partial charge on any atom is 0.508 e. The van der Waals surface area contributed by atoms with Crippen LogP contribution >= 0.6 is 0 Å². The zero-order chi connectivity index (χ0) is 14.6. The van der Waals surface area contributed by atoms with Crippen LogP contribution in [-0.2, 0) is 9.47 Å². The minimum Gasteiger partial charge on any atom is -0.435 e. The summed E-state index contributed by atoms with van der Waals surface area (Å²) in [5.74, 6) is 0. The zero-order valence-electron chi connectivity index (χ0n) is 13.0. The monoisotopic (exact) mass is 286 g/mol. The van der Waals surface area contributed by atoms with E-state index in [9.17, 15) is 4.79 Å². The average molecular weight is 286 g/mol. The summed E-state index contributed by atoms with van der Waals surface area (Å²) in [5, 5.41) is 0. The van der Waals surface area contributed by atoms with E-state index < -0.39 is 14.2 Å². The Kier molecular flexibility index (Phi) is 10.6. The maximum absolute atomic E-state index is 10.9. The van der Waals surface area contributed by atoms with Gasteiger partial charge in [-0.25, -0.2) is 4.79 Å². The number of carbonyl (C=O) groups is 1. The predicted octanol–water partition coefficient (Wildman–Crippen LogP) is 4.93. The molecule has 0 amide bonds. The van der Waals surface area contributed by atoms with E-state index in [-0.39, 0.29) is 0 Å². The molecule has 0 aliphatic carbocycles. The Morgan fingerprint density at radius 1 is 1.00 bits per heavy atom. The number of rotatable bonds is 10. The molecule has 3 nitrogen and oxygen atoms in total. The quantitative estimate of drug-likeness (QED) is 0.324. The Labute approximate surface area is 119 Å². The van der Waals surface area contributed by atoms with Crippen LogP contribution < -0.4 is 0 Å². The van der Waals surface area contributed by atoms with Crippen LogP contribution in [0.5, 0.6) is 0 Å². The molecule has 19 heavy (non-hydrogen) atoms. The maximum atomic E-state index is 10.9. The molecule has 0 spiro atoms. The van der Waals surface area contributed by atoms with Crippen molar-refractivity contribution in [3.8, 4) is 0 Å². The molecule has 0 radical (unpaired) electrons. The Bertz CT molecular complexity index is 252. The van der Waals surface area contributed by atoms with Crippen LogP contribution in [0.1, 0.15) is 47.0 Å². The lowest BCUT2D eigenvalue weighted by Gasteiger charge is -2.23. The van der Waals surface area contributed by atoms with Crippen LogP contribution in [0.2, 0.25) is 18.1 Å². The lowest BCUT2D eigenvalue weighted by molar-refractivity contribution is 0.0580. The largest absolute Gasteiger partial charge is 0.508 e. The highest BCUT2D eigenvalue weighted by Gasteiger charge is 2.22. The molecule has 0 aromatic rings. The number of hydrogen-bond acceptors (Lipinski definition) is 3. The van der Waals surface area contributed by atoms with Crippen molar-refractivity contribution < 1.29 is 14.3 Å². The Morgan fingerprint density at radius 3 is 2.16 bits per heavy atom. The second-order valence-corrected chi connectivity index (χ2v) is 10.0. The molecule has 0 aromatic carbocycles. The Morgan fingerprint density at radius 2 is 1.63 bits per heavy atom. The molecule has 0 bridgehead atoms. The molecule has 0 unspecified atom stereocenters. The summed E-state index contributed by atoms with van der Waals surface area (Å²) in [7, 11) is -1.10. The molecule has 0 rings (SSSR count). The SMILES string of the molecule is CCOC(=O)OCCCC/C=C\[Si](CC)(CC)CC. The molecule has 0 aliphatic rings. The Hall–Kier alpha value is -0.773. The normalized spacial score (nSPS) is 11.8. The van der Waals surface area contributed by atoms with E-state index in [1.54, 1.807) is 6.92 Å². The van der Waals surface area contributed by atoms with Gasteiger partial charge in [-0.2, -0.15) is 0 Å². The summed E-state index contributed by atoms with van der Waals surface area (Å²) in [5.41, 5.74) is 2.51. The molecular weight excluding hydrogens is 256 g/mol. The van der Waals surface area contributed by atoms with Gasteiger partial charge in [0, 0.05) is 0 Å². The van der Waals surface area contributed by atoms with Gasteiger partial charge in [-0.1, -0.05) is 50.7 Å². The molecule has 112 valence electrons. The second kappa shape index (κ2) is 11.1. The highest BCUT2D eigenvalue weighted by Crippen LogP contribution is 2.21. The van der Waals surface area contributed by atoms with Crippen molar-refractivity contribution in [3.63, 3.8) is 0 Å². The first-order valence-corrected chi connectivity index (χ1v) is 10.3. The molecule has 0 aliphatic heterocycles. The fourth-order valence-electron chi connectivity index (χ4n) is 2.12. The zero-order valence-corrected chi connectivity index (χ0v) is 14.0. The van der Waals surface area contributed by atoms with E-state index in [0.29, 0.717) is 13.2 Å². The van der Waals surface area contributed by atoms with Crippen LogP contribution in [0.4, 0.5) is 4.79 Å². The molecular formula is C15H30O3Si. The number of ether oxygens (including phenoxy) is 2. The van der Waals surface area contributed by atoms with E-state index >= 15 is 0 Å². The van der Waals surface area contributed by atoms with Gasteiger partial charge in [0.1, 0.15) is 0 Å². The summed E-state index contributed by atoms with van der Waals surface area (Å²) in [6.45, 7) is 9.56. The third-order valence-electron chi connectivity index (χ3n) is 3.83. The first-order chi connectivity index (χ1) is 9.14. The summed E-state index contributed by atoms with van der Waals surface area (Å²) < 4.78 is 9.61. The van der Waals surface area contributed by atoms with Gasteiger partial charge in [0.15, 0.2) is 0 Å². The van der Waals surface area contributed by atoms with Crippen molar-refractivity contribution in [2.75, 3.05) is 13.2 Å². The standard InChI is InChI=1S/C15H30O3Si/c1-5-17-15(16)18-13-11-9-10-12-14-19(6-2,7-3)8-4/h12,14H,5-11,13H2,1-4H3/b14-12-. The second-order valence-electron chi connectivity index (χ2n) is 4.85. The molecule has 0 heterocycles. The van der Waals surface area contributed by atoms with Crippen LogP contribution in [-0.4, -0.2) is 27.4 Å². The summed E-state index contributed by atoms with van der Waals surface area (Å²) >= 11 is 0. The third-order valence-corrected chi connectivity index (χ3v) is 9.00. The van der Waals surface area contributed by atoms with Gasteiger partial charge >= 0.3 is 6.16 Å². The van der Waals surface area contributed by atoms with Gasteiger partial charge < -0.3 is 9.47 Å². The molecule has 0 fully saturated rings. The minimum atomic E-state index is -1.10. The lowest BCUT2D eigenvalue weighted by Crippen LogP contribution is -2.28. The van der Waals surface area contributed by atoms with Crippen LogP contribution in [0.3, 0.4) is 0 Å². The van der Waals surface area contributed by atoms with E-state index in [0.717, 1.165) is 19.3 Å². The van der Waals surface area contributed by atoms with Crippen LogP contribution in [0.15, 0.2) is 11.8 Å². The lowest BCUT2D eigenvalue weighted by atomic mass is 10.2. The fourth-order valence-corrected chi connectivity index (χ4v) is 4.99. The molecule has 0 saturated carbocycles. The molecule has 4 heteroatoms. The van der Waals surface area contributed by atoms with Crippen molar-refractivity contribution in [1.29, 1.82) is 0 Å². The predicted molar refractivity (Wildman–Crippen MR) is 83.2 cm³/mol. The van der Waals surface area contributed by atoms with Crippen molar-refractivity contribution in [3.05, 3.63) is 11.8 Å². The number of hydrogen-bond donors (Lipinski definition) is 0. The first-order valence-electron chi connectivity index (χ1n) is 7.61. The van der Waals surface area contributed by atoms with Gasteiger partial charge in [0.2, 0.25) is 0 Å². The van der Waals surface area contributed by atoms with Gasteiger partial charge in [-0.05, 0) is 26.2 Å². The van der Waals surface area contributed by atoms with Gasteiger partial charge in [0.05, 0.1) is 21.3 Å². The number of carbonyl (C=O) groups excluding carboxylic acids is 1. The molecule has 0 N–H and O–H groups in total. The summed E-state index contributed by atoms with van der Waals surface area (Å²) in [6.07, 6.45) is 4.85.